The van der Waals surface area contributed by atoms with Crippen LogP contribution in [0.2, 0.25) is 0 Å². The average molecular weight is 413 g/mol. The minimum absolute atomic E-state index is 0.0657. The lowest BCUT2D eigenvalue weighted by atomic mass is 10.1. The molecule has 0 aliphatic carbocycles. The summed E-state index contributed by atoms with van der Waals surface area (Å²) >= 11 is 1.37. The maximum absolute atomic E-state index is 14.0. The highest BCUT2D eigenvalue weighted by molar-refractivity contribution is 7.21. The maximum Gasteiger partial charge on any atom is 0.266 e. The minimum atomic E-state index is -0.232. The number of nitrogen functional groups attached to an aromatic ring is 1. The second kappa shape index (κ2) is 7.99. The highest BCUT2D eigenvalue weighted by Gasteiger charge is 2.27. The third-order valence-corrected chi connectivity index (χ3v) is 6.33. The number of carbonyl (C=O) groups is 1. The fraction of sp³-hybridized carbons (Fsp3) is 0.364. The Hall–Kier alpha value is -2.67. The van der Waals surface area contributed by atoms with Crippen LogP contribution in [-0.2, 0) is 6.42 Å². The topological polar surface area (TPSA) is 62.5 Å². The summed E-state index contributed by atoms with van der Waals surface area (Å²) in [7, 11) is 0. The standard InChI is InChI=1S/C22H25FN4OS/c1-14(2)13-15-7-8-16-19(24)20(29-21(16)25-15)22(28)27-11-9-26(10-12-27)18-6-4-3-5-17(18)23/h3-8,14H,9-13,24H2,1-2H3. The maximum atomic E-state index is 14.0. The van der Waals surface area contributed by atoms with E-state index in [0.29, 0.717) is 48.3 Å². The van der Waals surface area contributed by atoms with E-state index in [0.717, 1.165) is 22.3 Å². The molecule has 7 heteroatoms. The van der Waals surface area contributed by atoms with Crippen molar-refractivity contribution in [2.24, 2.45) is 5.92 Å². The summed E-state index contributed by atoms with van der Waals surface area (Å²) in [4.78, 5) is 22.9. The predicted molar refractivity (Wildman–Crippen MR) is 117 cm³/mol. The molecule has 0 unspecified atom stereocenters. The quantitative estimate of drug-likeness (QED) is 0.698. The second-order valence-corrected chi connectivity index (χ2v) is 8.83. The number of nitrogens with two attached hydrogens (primary N) is 1. The first-order valence-electron chi connectivity index (χ1n) is 9.90. The van der Waals surface area contributed by atoms with Crippen LogP contribution < -0.4 is 10.6 Å². The van der Waals surface area contributed by atoms with E-state index in [4.69, 9.17) is 10.7 Å². The van der Waals surface area contributed by atoms with E-state index < -0.39 is 0 Å². The lowest BCUT2D eigenvalue weighted by molar-refractivity contribution is 0.0752. The number of anilines is 2. The van der Waals surface area contributed by atoms with Crippen molar-refractivity contribution in [1.82, 2.24) is 9.88 Å². The number of carbonyl (C=O) groups excluding carboxylic acids is 1. The zero-order valence-electron chi connectivity index (χ0n) is 16.7. The van der Waals surface area contributed by atoms with Gasteiger partial charge in [-0.25, -0.2) is 9.37 Å². The molecule has 0 radical (unpaired) electrons. The second-order valence-electron chi connectivity index (χ2n) is 7.83. The van der Waals surface area contributed by atoms with Crippen LogP contribution in [0.4, 0.5) is 15.8 Å². The highest BCUT2D eigenvalue weighted by Crippen LogP contribution is 2.34. The van der Waals surface area contributed by atoms with E-state index in [1.807, 2.05) is 23.1 Å². The van der Waals surface area contributed by atoms with Gasteiger partial charge in [-0.3, -0.25) is 4.79 Å². The van der Waals surface area contributed by atoms with Crippen LogP contribution >= 0.6 is 11.3 Å². The molecule has 4 rings (SSSR count). The molecular weight excluding hydrogens is 387 g/mol. The summed E-state index contributed by atoms with van der Waals surface area (Å²) in [5, 5.41) is 0.843. The molecule has 1 aromatic carbocycles. The van der Waals surface area contributed by atoms with Gasteiger partial charge in [0.2, 0.25) is 0 Å². The van der Waals surface area contributed by atoms with Crippen LogP contribution in [0.3, 0.4) is 0 Å². The fourth-order valence-electron chi connectivity index (χ4n) is 3.73. The monoisotopic (exact) mass is 412 g/mol. The Balaban J connectivity index is 1.50. The third kappa shape index (κ3) is 3.92. The van der Waals surface area contributed by atoms with Crippen molar-refractivity contribution in [2.45, 2.75) is 20.3 Å². The van der Waals surface area contributed by atoms with Crippen LogP contribution in [0, 0.1) is 11.7 Å². The molecule has 0 bridgehead atoms. The first-order valence-corrected chi connectivity index (χ1v) is 10.7. The first-order chi connectivity index (χ1) is 13.9. The zero-order valence-corrected chi connectivity index (χ0v) is 17.5. The van der Waals surface area contributed by atoms with E-state index in [1.165, 1.54) is 17.4 Å². The first kappa shape index (κ1) is 19.6. The number of thiophene rings is 1. The van der Waals surface area contributed by atoms with Gasteiger partial charge in [0.05, 0.1) is 11.4 Å². The number of benzene rings is 1. The van der Waals surface area contributed by atoms with Gasteiger partial charge in [-0.1, -0.05) is 26.0 Å². The molecule has 2 aromatic heterocycles. The Labute approximate surface area is 173 Å². The predicted octanol–water partition coefficient (Wildman–Crippen LogP) is 4.18. The van der Waals surface area contributed by atoms with E-state index in [2.05, 4.69) is 13.8 Å². The van der Waals surface area contributed by atoms with Crippen molar-refractivity contribution < 1.29 is 9.18 Å². The van der Waals surface area contributed by atoms with Gasteiger partial charge in [-0.05, 0) is 36.6 Å². The molecule has 3 heterocycles. The molecule has 0 spiro atoms. The van der Waals surface area contributed by atoms with Crippen molar-refractivity contribution in [3.05, 3.63) is 52.8 Å². The number of fused-ring (bicyclic) bond motifs is 1. The van der Waals surface area contributed by atoms with Crippen LogP contribution in [-0.4, -0.2) is 42.0 Å². The SMILES string of the molecule is CC(C)Cc1ccc2c(N)c(C(=O)N3CCN(c4ccccc4F)CC3)sc2n1. The van der Waals surface area contributed by atoms with Gasteiger partial charge < -0.3 is 15.5 Å². The summed E-state index contributed by atoms with van der Waals surface area (Å²) in [5.74, 6) is 0.220. The van der Waals surface area contributed by atoms with Gasteiger partial charge >= 0.3 is 0 Å². The number of rotatable bonds is 4. The molecule has 1 aliphatic rings. The Morgan fingerprint density at radius 2 is 1.90 bits per heavy atom. The number of amides is 1. The summed E-state index contributed by atoms with van der Waals surface area (Å²) in [5.41, 5.74) is 8.41. The van der Waals surface area contributed by atoms with E-state index in [1.54, 1.807) is 17.0 Å². The smallest absolute Gasteiger partial charge is 0.266 e. The Kier molecular flexibility index (Phi) is 5.41. The van der Waals surface area contributed by atoms with Gasteiger partial charge in [0.15, 0.2) is 0 Å². The number of pyridine rings is 1. The average Bonchev–Trinajstić information content (AvgIpc) is 3.03. The van der Waals surface area contributed by atoms with Gasteiger partial charge in [0.25, 0.3) is 5.91 Å². The van der Waals surface area contributed by atoms with Gasteiger partial charge in [0, 0.05) is 37.3 Å². The van der Waals surface area contributed by atoms with Crippen molar-refractivity contribution >= 4 is 38.8 Å². The van der Waals surface area contributed by atoms with Crippen LogP contribution in [0.15, 0.2) is 36.4 Å². The van der Waals surface area contributed by atoms with Gasteiger partial charge in [-0.15, -0.1) is 11.3 Å². The zero-order chi connectivity index (χ0) is 20.5. The number of aromatic nitrogens is 1. The molecule has 1 amide bonds. The lowest BCUT2D eigenvalue weighted by Gasteiger charge is -2.36. The Morgan fingerprint density at radius 1 is 1.17 bits per heavy atom. The van der Waals surface area contributed by atoms with Crippen molar-refractivity contribution in [3.63, 3.8) is 0 Å². The fourth-order valence-corrected chi connectivity index (χ4v) is 4.81. The van der Waals surface area contributed by atoms with Gasteiger partial charge in [-0.2, -0.15) is 0 Å². The summed E-state index contributed by atoms with van der Waals surface area (Å²) in [6, 6.07) is 10.7. The van der Waals surface area contributed by atoms with Crippen LogP contribution in [0.1, 0.15) is 29.2 Å². The number of para-hydroxylation sites is 1. The third-order valence-electron chi connectivity index (χ3n) is 5.22. The van der Waals surface area contributed by atoms with Crippen LogP contribution in [0.25, 0.3) is 10.2 Å². The molecule has 1 fully saturated rings. The molecular formula is C22H25FN4OS. The van der Waals surface area contributed by atoms with E-state index in [9.17, 15) is 9.18 Å². The highest BCUT2D eigenvalue weighted by atomic mass is 32.1. The summed E-state index contributed by atoms with van der Waals surface area (Å²) < 4.78 is 14.0. The number of hydrogen-bond acceptors (Lipinski definition) is 5. The molecule has 1 aliphatic heterocycles. The van der Waals surface area contributed by atoms with Crippen molar-refractivity contribution in [1.29, 1.82) is 0 Å². The largest absolute Gasteiger partial charge is 0.397 e. The molecule has 5 nitrogen and oxygen atoms in total. The van der Waals surface area contributed by atoms with E-state index >= 15 is 0 Å². The Morgan fingerprint density at radius 3 is 2.59 bits per heavy atom. The summed E-state index contributed by atoms with van der Waals surface area (Å²) in [6.45, 7) is 6.57. The van der Waals surface area contributed by atoms with E-state index in [-0.39, 0.29) is 11.7 Å². The van der Waals surface area contributed by atoms with Crippen molar-refractivity contribution in [3.8, 4) is 0 Å². The molecule has 152 valence electrons. The van der Waals surface area contributed by atoms with Gasteiger partial charge in [0.1, 0.15) is 15.5 Å². The molecule has 1 saturated heterocycles. The molecule has 29 heavy (non-hydrogen) atoms. The number of hydrogen-bond donors (Lipinski definition) is 1. The number of halogens is 1. The molecule has 0 atom stereocenters. The van der Waals surface area contributed by atoms with Crippen molar-refractivity contribution in [2.75, 3.05) is 36.8 Å². The van der Waals surface area contributed by atoms with Crippen LogP contribution in [0.5, 0.6) is 0 Å². The molecule has 3 aromatic rings. The molecule has 0 saturated carbocycles. The molecule has 2 N–H and O–H groups in total. The number of piperazine rings is 1. The summed E-state index contributed by atoms with van der Waals surface area (Å²) in [6.07, 6.45) is 0.898. The minimum Gasteiger partial charge on any atom is -0.397 e. The Bertz CT molecular complexity index is 1040. The number of nitrogens with zero attached hydrogens (tertiary/aromatic N) is 3. The lowest BCUT2D eigenvalue weighted by Crippen LogP contribution is -2.49. The normalized spacial score (nSPS) is 14.8.